The lowest BCUT2D eigenvalue weighted by Crippen LogP contribution is -2.33. The molecule has 3 heterocycles. The molecule has 5 rings (SSSR count). The Balaban J connectivity index is 1.35. The molecule has 28 heavy (non-hydrogen) atoms. The Hall–Kier alpha value is -2.93. The van der Waals surface area contributed by atoms with Gasteiger partial charge in [-0.3, -0.25) is 4.90 Å². The minimum absolute atomic E-state index is 0.158. The van der Waals surface area contributed by atoms with E-state index < -0.39 is 0 Å². The largest absolute Gasteiger partial charge is 0.454 e. The summed E-state index contributed by atoms with van der Waals surface area (Å²) in [5.74, 6) is 2.28. The van der Waals surface area contributed by atoms with Gasteiger partial charge in [-0.1, -0.05) is 23.7 Å². The van der Waals surface area contributed by atoms with E-state index in [1.54, 1.807) is 12.1 Å². The molecule has 3 aromatic rings. The predicted octanol–water partition coefficient (Wildman–Crippen LogP) is 4.33. The van der Waals surface area contributed by atoms with Gasteiger partial charge in [-0.05, 0) is 55.3 Å². The number of likely N-dealkylation sites (tertiary alicyclic amines) is 1. The van der Waals surface area contributed by atoms with E-state index in [1.807, 2.05) is 24.3 Å². The first-order valence-electron chi connectivity index (χ1n) is 9.48. The molecule has 2 aromatic carbocycles. The third-order valence-corrected chi connectivity index (χ3v) is 5.28. The van der Waals surface area contributed by atoms with Crippen LogP contribution in [0.1, 0.15) is 36.8 Å². The van der Waals surface area contributed by atoms with E-state index in [4.69, 9.17) is 14.0 Å². The number of ether oxygens (including phenoxy) is 2. The maximum Gasteiger partial charge on any atom is 0.241 e. The van der Waals surface area contributed by atoms with Gasteiger partial charge in [0, 0.05) is 11.6 Å². The van der Waals surface area contributed by atoms with Gasteiger partial charge in [0.2, 0.25) is 18.5 Å². The van der Waals surface area contributed by atoms with Gasteiger partial charge in [-0.2, -0.15) is 4.98 Å². The van der Waals surface area contributed by atoms with Crippen molar-refractivity contribution in [1.82, 2.24) is 15.0 Å². The zero-order chi connectivity index (χ0) is 18.9. The second-order valence-corrected chi connectivity index (χ2v) is 7.12. The first kappa shape index (κ1) is 17.2. The molecular formula is C21H20FN3O3. The van der Waals surface area contributed by atoms with E-state index in [2.05, 4.69) is 15.0 Å². The summed E-state index contributed by atoms with van der Waals surface area (Å²) in [6.07, 6.45) is 3.23. The Morgan fingerprint density at radius 3 is 2.93 bits per heavy atom. The van der Waals surface area contributed by atoms with Crippen molar-refractivity contribution in [2.45, 2.75) is 31.8 Å². The highest BCUT2D eigenvalue weighted by molar-refractivity contribution is 5.61. The highest BCUT2D eigenvalue weighted by atomic mass is 19.1. The zero-order valence-electron chi connectivity index (χ0n) is 15.3. The molecule has 1 unspecified atom stereocenters. The molecule has 0 N–H and O–H groups in total. The van der Waals surface area contributed by atoms with E-state index in [9.17, 15) is 4.39 Å². The van der Waals surface area contributed by atoms with Crippen LogP contribution in [0.25, 0.3) is 11.4 Å². The fourth-order valence-electron chi connectivity index (χ4n) is 3.92. The summed E-state index contributed by atoms with van der Waals surface area (Å²) in [4.78, 5) is 6.84. The first-order valence-corrected chi connectivity index (χ1v) is 9.48. The van der Waals surface area contributed by atoms with Crippen molar-refractivity contribution in [3.63, 3.8) is 0 Å². The topological polar surface area (TPSA) is 60.6 Å². The molecule has 2 aliphatic heterocycles. The zero-order valence-corrected chi connectivity index (χ0v) is 15.3. The quantitative estimate of drug-likeness (QED) is 0.670. The SMILES string of the molecule is Fc1cccc(C2CCCCN2Cc2nc(-c3ccc4c(c3)OCO4)no2)c1. The molecule has 0 bridgehead atoms. The van der Waals surface area contributed by atoms with E-state index in [1.165, 1.54) is 6.07 Å². The van der Waals surface area contributed by atoms with Crippen molar-refractivity contribution in [3.05, 3.63) is 59.7 Å². The smallest absolute Gasteiger partial charge is 0.241 e. The van der Waals surface area contributed by atoms with Gasteiger partial charge in [0.05, 0.1) is 6.54 Å². The van der Waals surface area contributed by atoms with Crippen LogP contribution in [-0.2, 0) is 6.54 Å². The third kappa shape index (κ3) is 3.33. The van der Waals surface area contributed by atoms with Crippen molar-refractivity contribution in [3.8, 4) is 22.9 Å². The van der Waals surface area contributed by atoms with Crippen LogP contribution < -0.4 is 9.47 Å². The molecule has 7 heteroatoms. The Morgan fingerprint density at radius 2 is 2.00 bits per heavy atom. The lowest BCUT2D eigenvalue weighted by molar-refractivity contribution is 0.123. The number of benzene rings is 2. The molecule has 0 saturated carbocycles. The number of hydrogen-bond acceptors (Lipinski definition) is 6. The Labute approximate surface area is 161 Å². The normalized spacial score (nSPS) is 19.1. The Bertz CT molecular complexity index is 991. The minimum Gasteiger partial charge on any atom is -0.454 e. The third-order valence-electron chi connectivity index (χ3n) is 5.28. The standard InChI is InChI=1S/C21H20FN3O3/c22-16-5-3-4-14(10-16)17-6-1-2-9-25(17)12-20-23-21(24-28-20)15-7-8-18-19(11-15)27-13-26-18/h3-5,7-8,10-11,17H,1-2,6,9,12-13H2. The second kappa shape index (κ2) is 7.24. The Kier molecular flexibility index (Phi) is 4.44. The van der Waals surface area contributed by atoms with E-state index in [0.29, 0.717) is 24.0 Å². The van der Waals surface area contributed by atoms with Gasteiger partial charge in [0.25, 0.3) is 0 Å². The van der Waals surface area contributed by atoms with Gasteiger partial charge in [0.1, 0.15) is 5.82 Å². The summed E-state index contributed by atoms with van der Waals surface area (Å²) in [6, 6.07) is 12.6. The number of fused-ring (bicyclic) bond motifs is 1. The predicted molar refractivity (Wildman–Crippen MR) is 99.3 cm³/mol. The van der Waals surface area contributed by atoms with Crippen molar-refractivity contribution in [2.75, 3.05) is 13.3 Å². The van der Waals surface area contributed by atoms with Crippen LogP contribution in [0.15, 0.2) is 47.0 Å². The fourth-order valence-corrected chi connectivity index (χ4v) is 3.92. The molecule has 1 aromatic heterocycles. The van der Waals surface area contributed by atoms with Crippen LogP contribution in [0.2, 0.25) is 0 Å². The van der Waals surface area contributed by atoms with E-state index >= 15 is 0 Å². The van der Waals surface area contributed by atoms with Gasteiger partial charge in [-0.15, -0.1) is 0 Å². The molecule has 0 radical (unpaired) electrons. The van der Waals surface area contributed by atoms with Gasteiger partial charge in [0.15, 0.2) is 11.5 Å². The van der Waals surface area contributed by atoms with Crippen LogP contribution in [0.4, 0.5) is 4.39 Å². The molecule has 6 nitrogen and oxygen atoms in total. The molecular weight excluding hydrogens is 361 g/mol. The number of rotatable bonds is 4. The maximum absolute atomic E-state index is 13.7. The summed E-state index contributed by atoms with van der Waals surface area (Å²) in [7, 11) is 0. The van der Waals surface area contributed by atoms with E-state index in [-0.39, 0.29) is 18.7 Å². The number of nitrogens with zero attached hydrogens (tertiary/aromatic N) is 3. The van der Waals surface area contributed by atoms with Crippen molar-refractivity contribution < 1.29 is 18.4 Å². The lowest BCUT2D eigenvalue weighted by Gasteiger charge is -2.35. The molecule has 0 spiro atoms. The lowest BCUT2D eigenvalue weighted by atomic mass is 9.95. The highest BCUT2D eigenvalue weighted by Gasteiger charge is 2.26. The maximum atomic E-state index is 13.7. The summed E-state index contributed by atoms with van der Waals surface area (Å²) in [5.41, 5.74) is 1.81. The number of aromatic nitrogens is 2. The summed E-state index contributed by atoms with van der Waals surface area (Å²) in [5, 5.41) is 4.12. The molecule has 1 atom stereocenters. The molecule has 144 valence electrons. The van der Waals surface area contributed by atoms with Crippen LogP contribution >= 0.6 is 0 Å². The molecule has 2 aliphatic rings. The Morgan fingerprint density at radius 1 is 1.07 bits per heavy atom. The van der Waals surface area contributed by atoms with Crippen LogP contribution in [0.5, 0.6) is 11.5 Å². The first-order chi connectivity index (χ1) is 13.8. The van der Waals surface area contributed by atoms with Crippen molar-refractivity contribution in [1.29, 1.82) is 0 Å². The fraction of sp³-hybridized carbons (Fsp3) is 0.333. The molecule has 0 aliphatic carbocycles. The number of piperidine rings is 1. The minimum atomic E-state index is -0.203. The van der Waals surface area contributed by atoms with Crippen LogP contribution in [0, 0.1) is 5.82 Å². The number of hydrogen-bond donors (Lipinski definition) is 0. The second-order valence-electron chi connectivity index (χ2n) is 7.12. The highest BCUT2D eigenvalue weighted by Crippen LogP contribution is 2.36. The average molecular weight is 381 g/mol. The summed E-state index contributed by atoms with van der Waals surface area (Å²) in [6.45, 7) is 1.69. The summed E-state index contributed by atoms with van der Waals surface area (Å²) < 4.78 is 29.9. The van der Waals surface area contributed by atoms with Gasteiger partial charge in [-0.25, -0.2) is 4.39 Å². The monoisotopic (exact) mass is 381 g/mol. The van der Waals surface area contributed by atoms with E-state index in [0.717, 1.165) is 42.7 Å². The van der Waals surface area contributed by atoms with Crippen LogP contribution in [0.3, 0.4) is 0 Å². The molecule has 1 saturated heterocycles. The van der Waals surface area contributed by atoms with Gasteiger partial charge < -0.3 is 14.0 Å². The van der Waals surface area contributed by atoms with Crippen molar-refractivity contribution >= 4 is 0 Å². The molecule has 1 fully saturated rings. The molecule has 0 amide bonds. The van der Waals surface area contributed by atoms with Crippen molar-refractivity contribution in [2.24, 2.45) is 0 Å². The average Bonchev–Trinajstić information content (AvgIpc) is 3.37. The number of halogens is 1. The summed E-state index contributed by atoms with van der Waals surface area (Å²) >= 11 is 0. The van der Waals surface area contributed by atoms with Crippen LogP contribution in [-0.4, -0.2) is 28.4 Å². The van der Waals surface area contributed by atoms with Gasteiger partial charge >= 0.3 is 0 Å².